The van der Waals surface area contributed by atoms with Gasteiger partial charge in [-0.3, -0.25) is 0 Å². The normalized spacial score (nSPS) is 12.0. The lowest BCUT2D eigenvalue weighted by Gasteiger charge is -2.30. The molecular weight excluding hydrogens is 476 g/mol. The van der Waals surface area contributed by atoms with Gasteiger partial charge < -0.3 is 18.9 Å². The second-order valence-corrected chi connectivity index (χ2v) is 8.84. The van der Waals surface area contributed by atoms with E-state index in [1.807, 2.05) is 115 Å². The van der Waals surface area contributed by atoms with E-state index in [1.54, 1.807) is 6.07 Å². The summed E-state index contributed by atoms with van der Waals surface area (Å²) in [6.07, 6.45) is 0. The molecular formula is C33H24O5. The summed E-state index contributed by atoms with van der Waals surface area (Å²) >= 11 is 0. The van der Waals surface area contributed by atoms with E-state index in [0.717, 1.165) is 28.2 Å². The molecule has 5 aromatic rings. The van der Waals surface area contributed by atoms with Gasteiger partial charge in [-0.15, -0.1) is 0 Å². The monoisotopic (exact) mass is 500 g/mol. The number of para-hydroxylation sites is 2. The fourth-order valence-electron chi connectivity index (χ4n) is 4.72. The van der Waals surface area contributed by atoms with Gasteiger partial charge in [0.2, 0.25) is 0 Å². The standard InChI is InChI=1S/C33H24O5/c1-35-33(34)27-15-9-8-14-26(27)32-28-18-16-24(36-22-10-4-2-5-11-22)20-30(28)38-31-21-25(17-19-29(31)32)37-23-12-6-3-7-13-23/h2-21,32H,1H3. The molecule has 1 aliphatic heterocycles. The number of rotatable bonds is 6. The Kier molecular flexibility index (Phi) is 6.24. The molecule has 38 heavy (non-hydrogen) atoms. The average molecular weight is 501 g/mol. The minimum Gasteiger partial charge on any atom is -0.465 e. The fraction of sp³-hybridized carbons (Fsp3) is 0.0606. The van der Waals surface area contributed by atoms with Crippen molar-refractivity contribution < 1.29 is 23.7 Å². The number of hydrogen-bond acceptors (Lipinski definition) is 5. The zero-order valence-corrected chi connectivity index (χ0v) is 20.7. The first-order valence-electron chi connectivity index (χ1n) is 12.3. The number of fused-ring (bicyclic) bond motifs is 2. The Labute approximate surface area is 220 Å². The first-order chi connectivity index (χ1) is 18.7. The van der Waals surface area contributed by atoms with E-state index in [-0.39, 0.29) is 11.9 Å². The lowest BCUT2D eigenvalue weighted by molar-refractivity contribution is 0.0599. The highest BCUT2D eigenvalue weighted by Gasteiger charge is 2.32. The quantitative estimate of drug-likeness (QED) is 0.215. The van der Waals surface area contributed by atoms with Crippen LogP contribution in [0.3, 0.4) is 0 Å². The predicted molar refractivity (Wildman–Crippen MR) is 145 cm³/mol. The average Bonchev–Trinajstić information content (AvgIpc) is 2.96. The minimum absolute atomic E-state index is 0.263. The molecule has 1 heterocycles. The third-order valence-electron chi connectivity index (χ3n) is 6.45. The number of benzene rings is 5. The summed E-state index contributed by atoms with van der Waals surface area (Å²) in [5.41, 5.74) is 3.18. The molecule has 0 radical (unpaired) electrons. The van der Waals surface area contributed by atoms with Crippen molar-refractivity contribution in [2.45, 2.75) is 5.92 Å². The highest BCUT2D eigenvalue weighted by Crippen LogP contribution is 2.50. The molecule has 0 saturated carbocycles. The van der Waals surface area contributed by atoms with Crippen molar-refractivity contribution >= 4 is 5.97 Å². The molecule has 0 aromatic heterocycles. The molecule has 0 aliphatic carbocycles. The summed E-state index contributed by atoms with van der Waals surface area (Å²) in [4.78, 5) is 12.7. The van der Waals surface area contributed by atoms with E-state index in [2.05, 4.69) is 0 Å². The highest BCUT2D eigenvalue weighted by atomic mass is 16.5. The third kappa shape index (κ3) is 4.58. The minimum atomic E-state index is -0.386. The summed E-state index contributed by atoms with van der Waals surface area (Å²) in [5.74, 6) is 3.40. The van der Waals surface area contributed by atoms with Gasteiger partial charge in [0.05, 0.1) is 12.7 Å². The summed E-state index contributed by atoms with van der Waals surface area (Å²) in [5, 5.41) is 0. The Balaban J connectivity index is 1.46. The van der Waals surface area contributed by atoms with Crippen LogP contribution in [-0.4, -0.2) is 13.1 Å². The Morgan fingerprint density at radius 1 is 0.579 bits per heavy atom. The van der Waals surface area contributed by atoms with Gasteiger partial charge in [0.25, 0.3) is 0 Å². The fourth-order valence-corrected chi connectivity index (χ4v) is 4.72. The van der Waals surface area contributed by atoms with Crippen molar-refractivity contribution in [1.82, 2.24) is 0 Å². The molecule has 6 rings (SSSR count). The Morgan fingerprint density at radius 3 is 1.61 bits per heavy atom. The maximum atomic E-state index is 12.7. The topological polar surface area (TPSA) is 54.0 Å². The van der Waals surface area contributed by atoms with E-state index in [9.17, 15) is 4.79 Å². The second-order valence-electron chi connectivity index (χ2n) is 8.84. The van der Waals surface area contributed by atoms with Crippen LogP contribution in [0.15, 0.2) is 121 Å². The molecule has 0 spiro atoms. The van der Waals surface area contributed by atoms with Crippen LogP contribution < -0.4 is 14.2 Å². The molecule has 5 aromatic carbocycles. The molecule has 0 bridgehead atoms. The molecule has 186 valence electrons. The highest BCUT2D eigenvalue weighted by molar-refractivity contribution is 5.92. The van der Waals surface area contributed by atoms with Crippen LogP contribution in [-0.2, 0) is 4.74 Å². The van der Waals surface area contributed by atoms with Crippen molar-refractivity contribution in [3.63, 3.8) is 0 Å². The molecule has 0 atom stereocenters. The van der Waals surface area contributed by atoms with E-state index in [4.69, 9.17) is 18.9 Å². The van der Waals surface area contributed by atoms with Gasteiger partial charge in [-0.05, 0) is 48.0 Å². The van der Waals surface area contributed by atoms with E-state index < -0.39 is 0 Å². The van der Waals surface area contributed by atoms with Crippen molar-refractivity contribution in [2.75, 3.05) is 7.11 Å². The van der Waals surface area contributed by atoms with Crippen molar-refractivity contribution in [3.8, 4) is 34.5 Å². The molecule has 0 fully saturated rings. The van der Waals surface area contributed by atoms with Gasteiger partial charge in [-0.1, -0.05) is 66.7 Å². The predicted octanol–water partition coefficient (Wildman–Crippen LogP) is 8.34. The van der Waals surface area contributed by atoms with Gasteiger partial charge in [0.15, 0.2) is 0 Å². The summed E-state index contributed by atoms with van der Waals surface area (Å²) in [7, 11) is 1.39. The Bertz CT molecular complexity index is 1500. The number of hydrogen-bond donors (Lipinski definition) is 0. The maximum absolute atomic E-state index is 12.7. The lowest BCUT2D eigenvalue weighted by atomic mass is 9.80. The van der Waals surface area contributed by atoms with Crippen LogP contribution in [0.25, 0.3) is 0 Å². The zero-order chi connectivity index (χ0) is 25.9. The van der Waals surface area contributed by atoms with E-state index in [0.29, 0.717) is 28.6 Å². The summed E-state index contributed by atoms with van der Waals surface area (Å²) < 4.78 is 23.7. The van der Waals surface area contributed by atoms with Crippen LogP contribution in [0.5, 0.6) is 34.5 Å². The zero-order valence-electron chi connectivity index (χ0n) is 20.7. The largest absolute Gasteiger partial charge is 0.465 e. The van der Waals surface area contributed by atoms with Crippen LogP contribution >= 0.6 is 0 Å². The van der Waals surface area contributed by atoms with Gasteiger partial charge in [-0.25, -0.2) is 4.79 Å². The number of esters is 1. The van der Waals surface area contributed by atoms with Crippen molar-refractivity contribution in [3.05, 3.63) is 144 Å². The number of methoxy groups -OCH3 is 1. The lowest BCUT2D eigenvalue weighted by Crippen LogP contribution is -2.16. The molecule has 0 N–H and O–H groups in total. The van der Waals surface area contributed by atoms with Crippen LogP contribution in [0.2, 0.25) is 0 Å². The molecule has 1 aliphatic rings. The number of carbonyl (C=O) groups excluding carboxylic acids is 1. The van der Waals surface area contributed by atoms with Crippen molar-refractivity contribution in [2.24, 2.45) is 0 Å². The summed E-state index contributed by atoms with van der Waals surface area (Å²) in [6.45, 7) is 0. The molecule has 5 nitrogen and oxygen atoms in total. The Morgan fingerprint density at radius 2 is 1.08 bits per heavy atom. The van der Waals surface area contributed by atoms with Gasteiger partial charge in [0.1, 0.15) is 34.5 Å². The molecule has 0 unspecified atom stereocenters. The first-order valence-corrected chi connectivity index (χ1v) is 12.3. The number of ether oxygens (including phenoxy) is 4. The van der Waals surface area contributed by atoms with Crippen LogP contribution in [0, 0.1) is 0 Å². The van der Waals surface area contributed by atoms with Crippen LogP contribution in [0.1, 0.15) is 33.0 Å². The van der Waals surface area contributed by atoms with Crippen LogP contribution in [0.4, 0.5) is 0 Å². The van der Waals surface area contributed by atoms with Gasteiger partial charge in [0, 0.05) is 29.2 Å². The smallest absolute Gasteiger partial charge is 0.338 e. The maximum Gasteiger partial charge on any atom is 0.338 e. The van der Waals surface area contributed by atoms with E-state index >= 15 is 0 Å². The first kappa shape index (κ1) is 23.4. The molecule has 0 saturated heterocycles. The third-order valence-corrected chi connectivity index (χ3v) is 6.45. The number of carbonyl (C=O) groups is 1. The van der Waals surface area contributed by atoms with Gasteiger partial charge in [-0.2, -0.15) is 0 Å². The summed E-state index contributed by atoms with van der Waals surface area (Å²) in [6, 6.07) is 38.3. The second kappa shape index (κ2) is 10.1. The molecule has 5 heteroatoms. The van der Waals surface area contributed by atoms with Gasteiger partial charge >= 0.3 is 5.97 Å². The molecule has 0 amide bonds. The Hall–Kier alpha value is -5.03. The van der Waals surface area contributed by atoms with E-state index in [1.165, 1.54) is 7.11 Å². The SMILES string of the molecule is COC(=O)c1ccccc1C1c2ccc(Oc3ccccc3)cc2Oc2cc(Oc3ccccc3)ccc21. The van der Waals surface area contributed by atoms with Crippen molar-refractivity contribution in [1.29, 1.82) is 0 Å².